The molecular formula is C19H21ClN4O3S. The Morgan fingerprint density at radius 2 is 1.61 bits per heavy atom. The molecule has 1 aliphatic heterocycles. The number of anilines is 1. The molecule has 2 N–H and O–H groups in total. The van der Waals surface area contributed by atoms with E-state index in [9.17, 15) is 13.2 Å². The Morgan fingerprint density at radius 3 is 2.25 bits per heavy atom. The molecule has 2 heterocycles. The Kier molecular flexibility index (Phi) is 4.73. The Morgan fingerprint density at radius 1 is 0.964 bits per heavy atom. The Balaban J connectivity index is 1.58. The van der Waals surface area contributed by atoms with E-state index < -0.39 is 15.7 Å². The predicted molar refractivity (Wildman–Crippen MR) is 111 cm³/mol. The fourth-order valence-corrected chi connectivity index (χ4v) is 5.65. The van der Waals surface area contributed by atoms with E-state index in [1.165, 1.54) is 27.6 Å². The fraction of sp³-hybridized carbons (Fsp3) is 0.316. The molecule has 7 nitrogen and oxygen atoms in total. The number of hydrogen-bond donors (Lipinski definition) is 2. The van der Waals surface area contributed by atoms with Gasteiger partial charge in [0.25, 0.3) is 0 Å². The molecule has 28 heavy (non-hydrogen) atoms. The number of fused-ring (bicyclic) bond motifs is 1. The molecule has 1 saturated heterocycles. The van der Waals surface area contributed by atoms with Gasteiger partial charge in [0.05, 0.1) is 16.1 Å². The van der Waals surface area contributed by atoms with Crippen LogP contribution in [0.4, 0.5) is 5.69 Å². The van der Waals surface area contributed by atoms with Crippen molar-refractivity contribution in [2.45, 2.75) is 18.7 Å². The van der Waals surface area contributed by atoms with Crippen LogP contribution in [0.3, 0.4) is 0 Å². The highest BCUT2D eigenvalue weighted by atomic mass is 35.5. The number of benzene rings is 2. The number of imidazole rings is 1. The number of hydrogen-bond acceptors (Lipinski definition) is 4. The van der Waals surface area contributed by atoms with E-state index in [-0.39, 0.29) is 9.92 Å². The SMILES string of the molecule is Cc1ccc(N2CCN(S(=O)(=O)c3cc4[nH]c(=O)[nH]c4cc3Cl)CC2)c(C)c1. The second-order valence-electron chi connectivity index (χ2n) is 7.09. The summed E-state index contributed by atoms with van der Waals surface area (Å²) in [6.45, 7) is 6.06. The molecule has 2 aromatic carbocycles. The van der Waals surface area contributed by atoms with Gasteiger partial charge < -0.3 is 14.9 Å². The molecule has 0 aliphatic carbocycles. The van der Waals surface area contributed by atoms with Gasteiger partial charge in [-0.25, -0.2) is 13.2 Å². The Hall–Kier alpha value is -2.29. The standard InChI is InChI=1S/C19H21ClN4O3S/c1-12-3-4-17(13(2)9-12)23-5-7-24(8-6-23)28(26,27)18-11-16-15(10-14(18)20)21-19(25)22-16/h3-4,9-11H,5-8H2,1-2H3,(H2,21,22,25). The fourth-order valence-electron chi connectivity index (χ4n) is 3.70. The number of halogens is 1. The topological polar surface area (TPSA) is 89.3 Å². The third-order valence-corrected chi connectivity index (χ3v) is 7.48. The lowest BCUT2D eigenvalue weighted by Crippen LogP contribution is -2.48. The molecule has 9 heteroatoms. The maximum absolute atomic E-state index is 13.1. The molecule has 0 spiro atoms. The first kappa shape index (κ1) is 19.0. The molecule has 148 valence electrons. The first-order valence-corrected chi connectivity index (χ1v) is 10.8. The van der Waals surface area contributed by atoms with Crippen molar-refractivity contribution in [2.24, 2.45) is 0 Å². The maximum Gasteiger partial charge on any atom is 0.323 e. The third kappa shape index (κ3) is 3.32. The summed E-state index contributed by atoms with van der Waals surface area (Å²) in [5.74, 6) is 0. The molecule has 0 saturated carbocycles. The van der Waals surface area contributed by atoms with Gasteiger partial charge in [0.1, 0.15) is 4.90 Å². The van der Waals surface area contributed by atoms with Crippen molar-refractivity contribution in [3.8, 4) is 0 Å². The van der Waals surface area contributed by atoms with E-state index in [0.717, 1.165) is 5.69 Å². The predicted octanol–water partition coefficient (Wildman–Crippen LogP) is 2.64. The summed E-state index contributed by atoms with van der Waals surface area (Å²) in [6, 6.07) is 9.17. The van der Waals surface area contributed by atoms with Gasteiger partial charge in [-0.3, -0.25) is 0 Å². The molecule has 4 rings (SSSR count). The van der Waals surface area contributed by atoms with Crippen LogP contribution in [-0.4, -0.2) is 48.9 Å². The number of sulfonamides is 1. The molecule has 0 bridgehead atoms. The van der Waals surface area contributed by atoms with Gasteiger partial charge in [-0.1, -0.05) is 29.3 Å². The summed E-state index contributed by atoms with van der Waals surface area (Å²) in [4.78, 5) is 18.8. The van der Waals surface area contributed by atoms with Crippen LogP contribution in [0.5, 0.6) is 0 Å². The minimum Gasteiger partial charge on any atom is -0.369 e. The molecule has 0 radical (unpaired) electrons. The number of piperazine rings is 1. The van der Waals surface area contributed by atoms with Gasteiger partial charge in [0, 0.05) is 31.9 Å². The van der Waals surface area contributed by atoms with Gasteiger partial charge in [0.2, 0.25) is 10.0 Å². The van der Waals surface area contributed by atoms with Crippen molar-refractivity contribution < 1.29 is 8.42 Å². The summed E-state index contributed by atoms with van der Waals surface area (Å²) in [7, 11) is -3.76. The van der Waals surface area contributed by atoms with Crippen LogP contribution >= 0.6 is 11.6 Å². The first-order valence-electron chi connectivity index (χ1n) is 8.99. The summed E-state index contributed by atoms with van der Waals surface area (Å²) in [5.41, 5.74) is 4.02. The minimum absolute atomic E-state index is 0.0110. The van der Waals surface area contributed by atoms with E-state index in [4.69, 9.17) is 11.6 Å². The van der Waals surface area contributed by atoms with Crippen molar-refractivity contribution in [3.05, 3.63) is 57.0 Å². The number of aromatic nitrogens is 2. The highest BCUT2D eigenvalue weighted by Gasteiger charge is 2.31. The van der Waals surface area contributed by atoms with Gasteiger partial charge in [-0.05, 0) is 37.6 Å². The number of rotatable bonds is 3. The van der Waals surface area contributed by atoms with Crippen molar-refractivity contribution in [2.75, 3.05) is 31.1 Å². The quantitative estimate of drug-likeness (QED) is 0.681. The van der Waals surface area contributed by atoms with Crippen molar-refractivity contribution in [1.29, 1.82) is 0 Å². The van der Waals surface area contributed by atoms with Crippen LogP contribution in [0.2, 0.25) is 5.02 Å². The summed E-state index contributed by atoms with van der Waals surface area (Å²) in [6.07, 6.45) is 0. The average Bonchev–Trinajstić information content (AvgIpc) is 3.00. The zero-order valence-electron chi connectivity index (χ0n) is 15.6. The van der Waals surface area contributed by atoms with E-state index in [1.54, 1.807) is 0 Å². The molecule has 0 atom stereocenters. The van der Waals surface area contributed by atoms with E-state index >= 15 is 0 Å². The van der Waals surface area contributed by atoms with Gasteiger partial charge >= 0.3 is 5.69 Å². The van der Waals surface area contributed by atoms with E-state index in [2.05, 4.69) is 46.9 Å². The van der Waals surface area contributed by atoms with Crippen LogP contribution in [0.1, 0.15) is 11.1 Å². The van der Waals surface area contributed by atoms with Crippen LogP contribution in [0.15, 0.2) is 40.0 Å². The largest absolute Gasteiger partial charge is 0.369 e. The molecule has 1 fully saturated rings. The smallest absolute Gasteiger partial charge is 0.323 e. The van der Waals surface area contributed by atoms with Gasteiger partial charge in [0.15, 0.2) is 0 Å². The van der Waals surface area contributed by atoms with Crippen LogP contribution in [0, 0.1) is 13.8 Å². The molecule has 1 aliphatic rings. The average molecular weight is 421 g/mol. The summed E-state index contributed by atoms with van der Waals surface area (Å²) in [5, 5.41) is 0.0968. The monoisotopic (exact) mass is 420 g/mol. The Bertz CT molecular complexity index is 1210. The third-order valence-electron chi connectivity index (χ3n) is 5.12. The molecule has 1 aromatic heterocycles. The second-order valence-corrected chi connectivity index (χ2v) is 9.40. The lowest BCUT2D eigenvalue weighted by Gasteiger charge is -2.36. The highest BCUT2D eigenvalue weighted by Crippen LogP contribution is 2.30. The van der Waals surface area contributed by atoms with Gasteiger partial charge in [-0.15, -0.1) is 0 Å². The normalized spacial score (nSPS) is 16.0. The van der Waals surface area contributed by atoms with Gasteiger partial charge in [-0.2, -0.15) is 4.31 Å². The van der Waals surface area contributed by atoms with Crippen molar-refractivity contribution in [3.63, 3.8) is 0 Å². The lowest BCUT2D eigenvalue weighted by atomic mass is 10.1. The number of nitrogens with zero attached hydrogens (tertiary/aromatic N) is 2. The van der Waals surface area contributed by atoms with Crippen LogP contribution in [-0.2, 0) is 10.0 Å². The summed E-state index contributed by atoms with van der Waals surface area (Å²) >= 11 is 6.22. The number of aryl methyl sites for hydroxylation is 2. The highest BCUT2D eigenvalue weighted by molar-refractivity contribution is 7.89. The van der Waals surface area contributed by atoms with E-state index in [0.29, 0.717) is 37.2 Å². The van der Waals surface area contributed by atoms with E-state index in [1.807, 2.05) is 0 Å². The number of nitrogens with one attached hydrogen (secondary N) is 2. The first-order chi connectivity index (χ1) is 13.3. The van der Waals surface area contributed by atoms with Crippen molar-refractivity contribution in [1.82, 2.24) is 14.3 Å². The number of H-pyrrole nitrogens is 2. The number of aromatic amines is 2. The maximum atomic E-state index is 13.1. The summed E-state index contributed by atoms with van der Waals surface area (Å²) < 4.78 is 27.7. The molecule has 0 amide bonds. The molecule has 0 unspecified atom stereocenters. The molecule has 3 aromatic rings. The molecular weight excluding hydrogens is 400 g/mol. The van der Waals surface area contributed by atoms with Crippen LogP contribution in [0.25, 0.3) is 11.0 Å². The minimum atomic E-state index is -3.76. The zero-order valence-corrected chi connectivity index (χ0v) is 17.2. The zero-order chi connectivity index (χ0) is 20.1. The second kappa shape index (κ2) is 6.95. The van der Waals surface area contributed by atoms with Crippen molar-refractivity contribution >= 4 is 38.3 Å². The lowest BCUT2D eigenvalue weighted by molar-refractivity contribution is 0.385. The van der Waals surface area contributed by atoms with Crippen LogP contribution < -0.4 is 10.6 Å². The Labute approximate surface area is 168 Å².